The van der Waals surface area contributed by atoms with E-state index in [1.54, 1.807) is 23.2 Å². The van der Waals surface area contributed by atoms with Crippen LogP contribution in [0.2, 0.25) is 0 Å². The van der Waals surface area contributed by atoms with Crippen molar-refractivity contribution in [3.8, 4) is 0 Å². The zero-order valence-corrected chi connectivity index (χ0v) is 13.7. The maximum atomic E-state index is 12.2. The van der Waals surface area contributed by atoms with Crippen molar-refractivity contribution in [3.05, 3.63) is 22.4 Å². The Kier molecular flexibility index (Phi) is 7.22. The van der Waals surface area contributed by atoms with Crippen molar-refractivity contribution >= 4 is 23.3 Å². The van der Waals surface area contributed by atoms with Gasteiger partial charge in [-0.05, 0) is 38.1 Å². The summed E-state index contributed by atoms with van der Waals surface area (Å²) in [6.07, 6.45) is 1.24. The van der Waals surface area contributed by atoms with Crippen LogP contribution in [-0.4, -0.2) is 34.6 Å². The fraction of sp³-hybridized carbons (Fsp3) is 0.600. The minimum absolute atomic E-state index is 0.0959. The van der Waals surface area contributed by atoms with Gasteiger partial charge in [0, 0.05) is 17.5 Å². The molecule has 0 aromatic carbocycles. The molecule has 1 unspecified atom stereocenters. The van der Waals surface area contributed by atoms with Crippen LogP contribution in [0.5, 0.6) is 0 Å². The van der Waals surface area contributed by atoms with E-state index >= 15 is 0 Å². The van der Waals surface area contributed by atoms with E-state index in [1.807, 2.05) is 31.4 Å². The molecule has 0 radical (unpaired) electrons. The molecule has 1 heterocycles. The second-order valence-electron chi connectivity index (χ2n) is 5.41. The van der Waals surface area contributed by atoms with Gasteiger partial charge >= 0.3 is 12.0 Å². The van der Waals surface area contributed by atoms with E-state index in [0.29, 0.717) is 25.9 Å². The molecule has 0 saturated heterocycles. The highest BCUT2D eigenvalue weighted by Crippen LogP contribution is 2.14. The van der Waals surface area contributed by atoms with Gasteiger partial charge in [0.2, 0.25) is 0 Å². The van der Waals surface area contributed by atoms with Crippen LogP contribution in [0.1, 0.15) is 38.5 Å². The van der Waals surface area contributed by atoms with Crippen molar-refractivity contribution in [3.63, 3.8) is 0 Å². The monoisotopic (exact) mass is 312 g/mol. The highest BCUT2D eigenvalue weighted by atomic mass is 32.1. The molecule has 0 bridgehead atoms. The molecule has 118 valence electrons. The fourth-order valence-corrected chi connectivity index (χ4v) is 2.59. The molecule has 1 rings (SSSR count). The third kappa shape index (κ3) is 6.16. The summed E-state index contributed by atoms with van der Waals surface area (Å²) in [5.41, 5.74) is 0. The first-order chi connectivity index (χ1) is 9.91. The minimum atomic E-state index is -0.789. The number of aliphatic carboxylic acids is 1. The number of thiophene rings is 1. The van der Waals surface area contributed by atoms with Crippen LogP contribution in [0, 0.1) is 5.92 Å². The molecule has 21 heavy (non-hydrogen) atoms. The quantitative estimate of drug-likeness (QED) is 0.724. The van der Waals surface area contributed by atoms with Gasteiger partial charge in [0.1, 0.15) is 0 Å². The SMILES string of the molecule is CC(CCCNC(=O)N(Cc1cccs1)C(C)C)C(=O)O. The van der Waals surface area contributed by atoms with Crippen LogP contribution < -0.4 is 5.32 Å². The van der Waals surface area contributed by atoms with Crippen LogP contribution in [0.4, 0.5) is 4.79 Å². The van der Waals surface area contributed by atoms with Crippen LogP contribution in [-0.2, 0) is 11.3 Å². The average molecular weight is 312 g/mol. The van der Waals surface area contributed by atoms with E-state index in [1.165, 1.54) is 0 Å². The summed E-state index contributed by atoms with van der Waals surface area (Å²) in [6, 6.07) is 4.01. The number of carboxylic acid groups (broad SMARTS) is 1. The number of amides is 2. The Bertz CT molecular complexity index is 446. The zero-order valence-electron chi connectivity index (χ0n) is 12.8. The van der Waals surface area contributed by atoms with E-state index < -0.39 is 5.97 Å². The van der Waals surface area contributed by atoms with Crippen LogP contribution in [0.15, 0.2) is 17.5 Å². The first kappa shape index (κ1) is 17.5. The number of rotatable bonds is 8. The van der Waals surface area contributed by atoms with Crippen molar-refractivity contribution in [1.29, 1.82) is 0 Å². The van der Waals surface area contributed by atoms with E-state index in [2.05, 4.69) is 5.32 Å². The van der Waals surface area contributed by atoms with Crippen molar-refractivity contribution in [2.45, 2.75) is 46.2 Å². The maximum absolute atomic E-state index is 12.2. The molecule has 0 aliphatic heterocycles. The Morgan fingerprint density at radius 3 is 2.62 bits per heavy atom. The molecule has 2 N–H and O–H groups in total. The van der Waals surface area contributed by atoms with Crippen LogP contribution >= 0.6 is 11.3 Å². The number of nitrogens with one attached hydrogen (secondary N) is 1. The minimum Gasteiger partial charge on any atom is -0.481 e. The van der Waals surface area contributed by atoms with Gasteiger partial charge in [-0.15, -0.1) is 11.3 Å². The molecule has 0 aliphatic rings. The lowest BCUT2D eigenvalue weighted by Crippen LogP contribution is -2.43. The summed E-state index contributed by atoms with van der Waals surface area (Å²) < 4.78 is 0. The number of urea groups is 1. The molecule has 2 amide bonds. The first-order valence-corrected chi connectivity index (χ1v) is 8.09. The molecular weight excluding hydrogens is 288 g/mol. The molecule has 1 atom stereocenters. The maximum Gasteiger partial charge on any atom is 0.317 e. The van der Waals surface area contributed by atoms with E-state index in [-0.39, 0.29) is 18.0 Å². The fourth-order valence-electron chi connectivity index (χ4n) is 1.89. The zero-order chi connectivity index (χ0) is 15.8. The Labute approximate surface area is 130 Å². The van der Waals surface area contributed by atoms with E-state index in [9.17, 15) is 9.59 Å². The second kappa shape index (κ2) is 8.67. The summed E-state index contributed by atoms with van der Waals surface area (Å²) in [7, 11) is 0. The smallest absolute Gasteiger partial charge is 0.317 e. The molecule has 1 aromatic rings. The topological polar surface area (TPSA) is 69.6 Å². The predicted octanol–water partition coefficient (Wildman–Crippen LogP) is 3.17. The Morgan fingerprint density at radius 1 is 1.38 bits per heavy atom. The highest BCUT2D eigenvalue weighted by Gasteiger charge is 2.17. The average Bonchev–Trinajstić information content (AvgIpc) is 2.92. The van der Waals surface area contributed by atoms with Crippen molar-refractivity contribution < 1.29 is 14.7 Å². The Morgan fingerprint density at radius 2 is 2.10 bits per heavy atom. The number of hydrogen-bond donors (Lipinski definition) is 2. The third-order valence-electron chi connectivity index (χ3n) is 3.30. The van der Waals surface area contributed by atoms with Crippen molar-refractivity contribution in [1.82, 2.24) is 10.2 Å². The molecule has 0 saturated carbocycles. The standard InChI is InChI=1S/C15H24N2O3S/c1-11(2)17(10-13-7-5-9-21-13)15(20)16-8-4-6-12(3)14(18)19/h5,7,9,11-12H,4,6,8,10H2,1-3H3,(H,16,20)(H,18,19). The molecule has 0 fully saturated rings. The summed E-state index contributed by atoms with van der Waals surface area (Å²) in [5.74, 6) is -1.16. The normalized spacial score (nSPS) is 12.2. The van der Waals surface area contributed by atoms with Gasteiger partial charge in [-0.2, -0.15) is 0 Å². The van der Waals surface area contributed by atoms with Gasteiger partial charge < -0.3 is 15.3 Å². The number of carbonyl (C=O) groups is 2. The van der Waals surface area contributed by atoms with Gasteiger partial charge in [0.05, 0.1) is 12.5 Å². The lowest BCUT2D eigenvalue weighted by molar-refractivity contribution is -0.141. The van der Waals surface area contributed by atoms with E-state index in [4.69, 9.17) is 5.11 Å². The summed E-state index contributed by atoms with van der Waals surface area (Å²) >= 11 is 1.63. The molecule has 1 aromatic heterocycles. The lowest BCUT2D eigenvalue weighted by Gasteiger charge is -2.26. The van der Waals surface area contributed by atoms with Gasteiger partial charge in [0.15, 0.2) is 0 Å². The van der Waals surface area contributed by atoms with E-state index in [0.717, 1.165) is 4.88 Å². The van der Waals surface area contributed by atoms with Gasteiger partial charge in [-0.1, -0.05) is 13.0 Å². The van der Waals surface area contributed by atoms with Gasteiger partial charge in [-0.25, -0.2) is 4.79 Å². The number of carboxylic acids is 1. The Balaban J connectivity index is 2.38. The number of carbonyl (C=O) groups excluding carboxylic acids is 1. The highest BCUT2D eigenvalue weighted by molar-refractivity contribution is 7.09. The van der Waals surface area contributed by atoms with Crippen LogP contribution in [0.25, 0.3) is 0 Å². The summed E-state index contributed by atoms with van der Waals surface area (Å²) in [4.78, 5) is 25.8. The third-order valence-corrected chi connectivity index (χ3v) is 4.16. The predicted molar refractivity (Wildman–Crippen MR) is 84.4 cm³/mol. The first-order valence-electron chi connectivity index (χ1n) is 7.21. The van der Waals surface area contributed by atoms with Gasteiger partial charge in [-0.3, -0.25) is 4.79 Å². The lowest BCUT2D eigenvalue weighted by atomic mass is 10.1. The second-order valence-corrected chi connectivity index (χ2v) is 6.45. The number of hydrogen-bond acceptors (Lipinski definition) is 3. The molecule has 0 aliphatic carbocycles. The van der Waals surface area contributed by atoms with Crippen molar-refractivity contribution in [2.75, 3.05) is 6.54 Å². The molecular formula is C15H24N2O3S. The Hall–Kier alpha value is -1.56. The van der Waals surface area contributed by atoms with Crippen LogP contribution in [0.3, 0.4) is 0 Å². The molecule has 5 nitrogen and oxygen atoms in total. The largest absolute Gasteiger partial charge is 0.481 e. The molecule has 0 spiro atoms. The summed E-state index contributed by atoms with van der Waals surface area (Å²) in [5, 5.41) is 13.7. The van der Waals surface area contributed by atoms with Gasteiger partial charge in [0.25, 0.3) is 0 Å². The van der Waals surface area contributed by atoms with Crippen molar-refractivity contribution in [2.24, 2.45) is 5.92 Å². The molecule has 6 heteroatoms. The summed E-state index contributed by atoms with van der Waals surface area (Å²) in [6.45, 7) is 6.76. The number of nitrogens with zero attached hydrogens (tertiary/aromatic N) is 1.